The van der Waals surface area contributed by atoms with Gasteiger partial charge < -0.3 is 10.2 Å². The molecule has 0 rings (SSSR count). The highest BCUT2D eigenvalue weighted by Crippen LogP contribution is 2.19. The molecule has 2 heteroatoms. The quantitative estimate of drug-likeness (QED) is 0.599. The minimum atomic E-state index is -0.797. The molecule has 0 spiro atoms. The van der Waals surface area contributed by atoms with Crippen molar-refractivity contribution in [2.24, 2.45) is 0 Å². The molecule has 78 valence electrons. The molecule has 13 heavy (non-hydrogen) atoms. The standard InChI is InChI=1S/C11H22O2/c1-4-6-7-10(12)9-11(3,13)8-5-2/h5,10,12-13H,2,4,6-9H2,1,3H3/t10-,11-/m0/s1. The van der Waals surface area contributed by atoms with Crippen LogP contribution in [0.5, 0.6) is 0 Å². The molecule has 0 fully saturated rings. The van der Waals surface area contributed by atoms with Crippen LogP contribution in [0.4, 0.5) is 0 Å². The highest BCUT2D eigenvalue weighted by atomic mass is 16.3. The Hall–Kier alpha value is -0.340. The summed E-state index contributed by atoms with van der Waals surface area (Å²) in [6, 6.07) is 0. The van der Waals surface area contributed by atoms with Gasteiger partial charge in [-0.05, 0) is 19.8 Å². The fraction of sp³-hybridized carbons (Fsp3) is 0.818. The summed E-state index contributed by atoms with van der Waals surface area (Å²) >= 11 is 0. The van der Waals surface area contributed by atoms with Gasteiger partial charge in [-0.15, -0.1) is 6.58 Å². The van der Waals surface area contributed by atoms with Crippen molar-refractivity contribution in [2.45, 2.75) is 57.7 Å². The van der Waals surface area contributed by atoms with Crippen LogP contribution in [-0.4, -0.2) is 21.9 Å². The Morgan fingerprint density at radius 3 is 2.62 bits per heavy atom. The summed E-state index contributed by atoms with van der Waals surface area (Å²) in [5.74, 6) is 0. The molecule has 0 unspecified atom stereocenters. The Labute approximate surface area is 81.3 Å². The van der Waals surface area contributed by atoms with Crippen LogP contribution in [0.3, 0.4) is 0 Å². The minimum Gasteiger partial charge on any atom is -0.393 e. The van der Waals surface area contributed by atoms with Gasteiger partial charge in [0.2, 0.25) is 0 Å². The Bertz CT molecular complexity index is 141. The molecule has 2 atom stereocenters. The Balaban J connectivity index is 3.74. The molecule has 0 aromatic heterocycles. The lowest BCUT2D eigenvalue weighted by molar-refractivity contribution is 0.00331. The van der Waals surface area contributed by atoms with Gasteiger partial charge in [0, 0.05) is 6.42 Å². The van der Waals surface area contributed by atoms with E-state index in [1.165, 1.54) is 0 Å². The third-order valence-electron chi connectivity index (χ3n) is 2.15. The maximum atomic E-state index is 9.75. The molecule has 0 aromatic carbocycles. The Kier molecular flexibility index (Phi) is 6.00. The van der Waals surface area contributed by atoms with E-state index < -0.39 is 5.60 Å². The number of unbranched alkanes of at least 4 members (excludes halogenated alkanes) is 1. The highest BCUT2D eigenvalue weighted by Gasteiger charge is 2.22. The number of aliphatic hydroxyl groups excluding tert-OH is 1. The normalized spacial score (nSPS) is 17.8. The molecule has 0 heterocycles. The predicted molar refractivity (Wildman–Crippen MR) is 55.6 cm³/mol. The zero-order valence-electron chi connectivity index (χ0n) is 8.79. The molecular formula is C11H22O2. The molecule has 2 nitrogen and oxygen atoms in total. The van der Waals surface area contributed by atoms with Crippen molar-refractivity contribution >= 4 is 0 Å². The van der Waals surface area contributed by atoms with Crippen molar-refractivity contribution < 1.29 is 10.2 Å². The molecule has 0 radical (unpaired) electrons. The summed E-state index contributed by atoms with van der Waals surface area (Å²) < 4.78 is 0. The van der Waals surface area contributed by atoms with E-state index in [2.05, 4.69) is 13.5 Å². The summed E-state index contributed by atoms with van der Waals surface area (Å²) in [4.78, 5) is 0. The van der Waals surface area contributed by atoms with E-state index in [4.69, 9.17) is 0 Å². The summed E-state index contributed by atoms with van der Waals surface area (Å²) in [6.45, 7) is 7.41. The first-order valence-corrected chi connectivity index (χ1v) is 5.03. The van der Waals surface area contributed by atoms with Gasteiger partial charge in [0.1, 0.15) is 0 Å². The zero-order valence-corrected chi connectivity index (χ0v) is 8.79. The fourth-order valence-electron chi connectivity index (χ4n) is 1.44. The monoisotopic (exact) mass is 186 g/mol. The summed E-state index contributed by atoms with van der Waals surface area (Å²) in [7, 11) is 0. The van der Waals surface area contributed by atoms with E-state index in [0.717, 1.165) is 19.3 Å². The van der Waals surface area contributed by atoms with Gasteiger partial charge in [0.15, 0.2) is 0 Å². The maximum absolute atomic E-state index is 9.75. The van der Waals surface area contributed by atoms with Crippen LogP contribution in [0.1, 0.15) is 46.0 Å². The van der Waals surface area contributed by atoms with Gasteiger partial charge in [-0.2, -0.15) is 0 Å². The lowest BCUT2D eigenvalue weighted by Gasteiger charge is -2.24. The molecule has 0 bridgehead atoms. The molecule has 0 aliphatic carbocycles. The first-order chi connectivity index (χ1) is 6.02. The van der Waals surface area contributed by atoms with E-state index in [1.807, 2.05) is 0 Å². The zero-order chi connectivity index (χ0) is 10.3. The first-order valence-electron chi connectivity index (χ1n) is 5.03. The second-order valence-electron chi connectivity index (χ2n) is 3.99. The number of hydrogen-bond donors (Lipinski definition) is 2. The van der Waals surface area contributed by atoms with Crippen LogP contribution in [0.25, 0.3) is 0 Å². The molecule has 0 saturated heterocycles. The van der Waals surface area contributed by atoms with Gasteiger partial charge in [0.05, 0.1) is 11.7 Å². The van der Waals surface area contributed by atoms with E-state index in [9.17, 15) is 10.2 Å². The van der Waals surface area contributed by atoms with Gasteiger partial charge in [-0.25, -0.2) is 0 Å². The van der Waals surface area contributed by atoms with Crippen LogP contribution >= 0.6 is 0 Å². The van der Waals surface area contributed by atoms with Gasteiger partial charge in [0.25, 0.3) is 0 Å². The molecular weight excluding hydrogens is 164 g/mol. The largest absolute Gasteiger partial charge is 0.393 e. The van der Waals surface area contributed by atoms with Crippen LogP contribution in [0, 0.1) is 0 Å². The first kappa shape index (κ1) is 12.7. The van der Waals surface area contributed by atoms with Crippen molar-refractivity contribution in [1.82, 2.24) is 0 Å². The van der Waals surface area contributed by atoms with Gasteiger partial charge in [-0.3, -0.25) is 0 Å². The van der Waals surface area contributed by atoms with Crippen molar-refractivity contribution in [1.29, 1.82) is 0 Å². The van der Waals surface area contributed by atoms with Crippen molar-refractivity contribution in [3.05, 3.63) is 12.7 Å². The van der Waals surface area contributed by atoms with E-state index in [0.29, 0.717) is 12.8 Å². The number of aliphatic hydroxyl groups is 2. The van der Waals surface area contributed by atoms with Crippen LogP contribution in [0.15, 0.2) is 12.7 Å². The Morgan fingerprint density at radius 1 is 1.54 bits per heavy atom. The van der Waals surface area contributed by atoms with Crippen molar-refractivity contribution in [3.63, 3.8) is 0 Å². The molecule has 0 amide bonds. The van der Waals surface area contributed by atoms with Crippen molar-refractivity contribution in [3.8, 4) is 0 Å². The van der Waals surface area contributed by atoms with E-state index in [-0.39, 0.29) is 6.10 Å². The lowest BCUT2D eigenvalue weighted by atomic mass is 9.93. The van der Waals surface area contributed by atoms with E-state index >= 15 is 0 Å². The highest BCUT2D eigenvalue weighted by molar-refractivity contribution is 4.84. The molecule has 2 N–H and O–H groups in total. The van der Waals surface area contributed by atoms with Crippen molar-refractivity contribution in [2.75, 3.05) is 0 Å². The average molecular weight is 186 g/mol. The Morgan fingerprint density at radius 2 is 2.15 bits per heavy atom. The minimum absolute atomic E-state index is 0.380. The predicted octanol–water partition coefficient (Wildman–Crippen LogP) is 2.25. The van der Waals surface area contributed by atoms with E-state index in [1.54, 1.807) is 13.0 Å². The fourth-order valence-corrected chi connectivity index (χ4v) is 1.44. The second-order valence-corrected chi connectivity index (χ2v) is 3.99. The average Bonchev–Trinajstić information content (AvgIpc) is 1.99. The smallest absolute Gasteiger partial charge is 0.0678 e. The summed E-state index contributed by atoms with van der Waals surface area (Å²) in [6.07, 6.45) is 5.17. The second kappa shape index (κ2) is 6.17. The summed E-state index contributed by atoms with van der Waals surface area (Å²) in [5.41, 5.74) is -0.797. The topological polar surface area (TPSA) is 40.5 Å². The van der Waals surface area contributed by atoms with Gasteiger partial charge >= 0.3 is 0 Å². The lowest BCUT2D eigenvalue weighted by Crippen LogP contribution is -2.29. The van der Waals surface area contributed by atoms with Crippen LogP contribution < -0.4 is 0 Å². The molecule has 0 aliphatic heterocycles. The third kappa shape index (κ3) is 6.79. The number of rotatable bonds is 7. The SMILES string of the molecule is C=CC[C@](C)(O)C[C@@H](O)CCCC. The van der Waals surface area contributed by atoms with Crippen LogP contribution in [0.2, 0.25) is 0 Å². The molecule has 0 saturated carbocycles. The number of hydrogen-bond acceptors (Lipinski definition) is 2. The maximum Gasteiger partial charge on any atom is 0.0678 e. The van der Waals surface area contributed by atoms with Gasteiger partial charge in [-0.1, -0.05) is 25.8 Å². The molecule has 0 aliphatic rings. The summed E-state index contributed by atoms with van der Waals surface area (Å²) in [5, 5.41) is 19.3. The molecule has 0 aromatic rings. The van der Waals surface area contributed by atoms with Crippen LogP contribution in [-0.2, 0) is 0 Å². The third-order valence-corrected chi connectivity index (χ3v) is 2.15.